The Morgan fingerprint density at radius 1 is 0.952 bits per heavy atom. The lowest BCUT2D eigenvalue weighted by Crippen LogP contribution is -2.29. The van der Waals surface area contributed by atoms with Gasteiger partial charge in [0.25, 0.3) is 0 Å². The zero-order valence-corrected chi connectivity index (χ0v) is 12.7. The Morgan fingerprint density at radius 2 is 1.52 bits per heavy atom. The molecule has 1 aliphatic rings. The Hall–Kier alpha value is -0.940. The largest absolute Gasteiger partial charge is 0.492 e. The second-order valence-electron chi connectivity index (χ2n) is 5.13. The first-order chi connectivity index (χ1) is 9.55. The van der Waals surface area contributed by atoms with E-state index in [2.05, 4.69) is 4.90 Å². The molecule has 2 nitrogen and oxygen atoms in total. The van der Waals surface area contributed by atoms with Gasteiger partial charge in [-0.25, -0.2) is 0 Å². The monoisotopic (exact) mass is 323 g/mol. The van der Waals surface area contributed by atoms with Crippen LogP contribution < -0.4 is 4.74 Å². The van der Waals surface area contributed by atoms with Gasteiger partial charge in [0, 0.05) is 6.54 Å². The highest BCUT2D eigenvalue weighted by Gasteiger charge is 2.29. The van der Waals surface area contributed by atoms with Gasteiger partial charge in [-0.15, -0.1) is 12.4 Å². The van der Waals surface area contributed by atoms with E-state index in [0.29, 0.717) is 12.4 Å². The number of rotatable bonds is 4. The van der Waals surface area contributed by atoms with E-state index in [1.54, 1.807) is 0 Å². The standard InChI is InChI=1S/C15H20F3NO.ClH/c16-15(17,18)13-5-7-14(8-6-13)20-12-11-19-9-3-1-2-4-10-19;/h5-8H,1-4,9-12H2;1H. The second kappa shape index (κ2) is 8.49. The van der Waals surface area contributed by atoms with Gasteiger partial charge in [-0.05, 0) is 50.2 Å². The SMILES string of the molecule is Cl.FC(F)(F)c1ccc(OCCN2CCCCCC2)cc1. The first-order valence-electron chi connectivity index (χ1n) is 7.08. The van der Waals surface area contributed by atoms with Crippen molar-refractivity contribution in [2.45, 2.75) is 31.9 Å². The number of nitrogens with zero attached hydrogens (tertiary/aromatic N) is 1. The van der Waals surface area contributed by atoms with Crippen molar-refractivity contribution < 1.29 is 17.9 Å². The quantitative estimate of drug-likeness (QED) is 0.815. The van der Waals surface area contributed by atoms with Crippen LogP contribution in [0, 0.1) is 0 Å². The van der Waals surface area contributed by atoms with Crippen LogP contribution in [0.2, 0.25) is 0 Å². The van der Waals surface area contributed by atoms with Gasteiger partial charge in [-0.3, -0.25) is 4.90 Å². The molecular formula is C15H21ClF3NO. The van der Waals surface area contributed by atoms with E-state index in [9.17, 15) is 13.2 Å². The fraction of sp³-hybridized carbons (Fsp3) is 0.600. The molecule has 1 fully saturated rings. The number of halogens is 4. The van der Waals surface area contributed by atoms with Crippen LogP contribution in [0.1, 0.15) is 31.2 Å². The molecule has 0 radical (unpaired) electrons. The molecule has 21 heavy (non-hydrogen) atoms. The number of ether oxygens (including phenoxy) is 1. The molecule has 0 aromatic heterocycles. The van der Waals surface area contributed by atoms with E-state index < -0.39 is 11.7 Å². The normalized spacial score (nSPS) is 16.9. The highest BCUT2D eigenvalue weighted by atomic mass is 35.5. The zero-order chi connectivity index (χ0) is 14.4. The summed E-state index contributed by atoms with van der Waals surface area (Å²) in [5.74, 6) is 0.493. The van der Waals surface area contributed by atoms with Crippen LogP contribution in [0.3, 0.4) is 0 Å². The summed E-state index contributed by atoms with van der Waals surface area (Å²) in [6.07, 6.45) is 0.734. The molecule has 120 valence electrons. The lowest BCUT2D eigenvalue weighted by atomic mass is 10.2. The second-order valence-corrected chi connectivity index (χ2v) is 5.13. The highest BCUT2D eigenvalue weighted by molar-refractivity contribution is 5.85. The summed E-state index contributed by atoms with van der Waals surface area (Å²) in [6.45, 7) is 3.54. The van der Waals surface area contributed by atoms with E-state index in [1.807, 2.05) is 0 Å². The molecule has 1 aliphatic heterocycles. The molecule has 2 rings (SSSR count). The third-order valence-corrected chi connectivity index (χ3v) is 3.56. The van der Waals surface area contributed by atoms with Crippen molar-refractivity contribution in [1.29, 1.82) is 0 Å². The van der Waals surface area contributed by atoms with Gasteiger partial charge in [-0.2, -0.15) is 13.2 Å². The Kier molecular flexibility index (Phi) is 7.32. The topological polar surface area (TPSA) is 12.5 Å². The van der Waals surface area contributed by atoms with Crippen LogP contribution in [0.4, 0.5) is 13.2 Å². The number of hydrogen-bond acceptors (Lipinski definition) is 2. The first-order valence-corrected chi connectivity index (χ1v) is 7.08. The summed E-state index contributed by atoms with van der Waals surface area (Å²) in [6, 6.07) is 4.87. The van der Waals surface area contributed by atoms with Crippen molar-refractivity contribution >= 4 is 12.4 Å². The fourth-order valence-electron chi connectivity index (χ4n) is 2.39. The molecular weight excluding hydrogens is 303 g/mol. The third-order valence-electron chi connectivity index (χ3n) is 3.56. The van der Waals surface area contributed by atoms with Crippen LogP contribution in [-0.2, 0) is 6.18 Å². The molecule has 0 aliphatic carbocycles. The molecule has 0 saturated carbocycles. The fourth-order valence-corrected chi connectivity index (χ4v) is 2.39. The maximum Gasteiger partial charge on any atom is 0.416 e. The maximum absolute atomic E-state index is 12.4. The van der Waals surface area contributed by atoms with E-state index in [4.69, 9.17) is 4.74 Å². The van der Waals surface area contributed by atoms with Gasteiger partial charge >= 0.3 is 6.18 Å². The molecule has 6 heteroatoms. The van der Waals surface area contributed by atoms with Crippen molar-refractivity contribution in [1.82, 2.24) is 4.90 Å². The molecule has 1 heterocycles. The molecule has 1 aromatic carbocycles. The molecule has 1 saturated heterocycles. The molecule has 0 amide bonds. The van der Waals surface area contributed by atoms with Crippen molar-refractivity contribution in [3.8, 4) is 5.75 Å². The average Bonchev–Trinajstić information content (AvgIpc) is 2.67. The van der Waals surface area contributed by atoms with E-state index in [1.165, 1.54) is 37.8 Å². The number of alkyl halides is 3. The predicted octanol–water partition coefficient (Wildman–Crippen LogP) is 4.38. The van der Waals surface area contributed by atoms with E-state index in [-0.39, 0.29) is 12.4 Å². The minimum Gasteiger partial charge on any atom is -0.492 e. The minimum atomic E-state index is -4.29. The molecule has 0 atom stereocenters. The Balaban J connectivity index is 0.00000220. The third kappa shape index (κ3) is 6.14. The predicted molar refractivity (Wildman–Crippen MR) is 79.1 cm³/mol. The van der Waals surface area contributed by atoms with E-state index in [0.717, 1.165) is 31.8 Å². The minimum absolute atomic E-state index is 0. The lowest BCUT2D eigenvalue weighted by molar-refractivity contribution is -0.137. The summed E-state index contributed by atoms with van der Waals surface area (Å²) in [5, 5.41) is 0. The van der Waals surface area contributed by atoms with Crippen molar-refractivity contribution in [2.24, 2.45) is 0 Å². The summed E-state index contributed by atoms with van der Waals surface area (Å²) < 4.78 is 42.7. The average molecular weight is 324 g/mol. The van der Waals surface area contributed by atoms with Crippen LogP contribution >= 0.6 is 12.4 Å². The Morgan fingerprint density at radius 3 is 2.05 bits per heavy atom. The summed E-state index contributed by atoms with van der Waals surface area (Å²) in [7, 11) is 0. The summed E-state index contributed by atoms with van der Waals surface area (Å²) >= 11 is 0. The van der Waals surface area contributed by atoms with Crippen LogP contribution in [-0.4, -0.2) is 31.1 Å². The number of benzene rings is 1. The Labute approximate surface area is 129 Å². The number of likely N-dealkylation sites (tertiary alicyclic amines) is 1. The molecule has 0 N–H and O–H groups in total. The van der Waals surface area contributed by atoms with Crippen molar-refractivity contribution in [3.63, 3.8) is 0 Å². The van der Waals surface area contributed by atoms with E-state index >= 15 is 0 Å². The Bertz CT molecular complexity index is 400. The smallest absolute Gasteiger partial charge is 0.416 e. The van der Waals surface area contributed by atoms with Crippen LogP contribution in [0.5, 0.6) is 5.75 Å². The van der Waals surface area contributed by atoms with Gasteiger partial charge in [0.2, 0.25) is 0 Å². The van der Waals surface area contributed by atoms with Gasteiger partial charge in [0.05, 0.1) is 5.56 Å². The molecule has 0 unspecified atom stereocenters. The van der Waals surface area contributed by atoms with Gasteiger partial charge in [0.15, 0.2) is 0 Å². The zero-order valence-electron chi connectivity index (χ0n) is 11.9. The summed E-state index contributed by atoms with van der Waals surface area (Å²) in [5.41, 5.74) is -0.641. The lowest BCUT2D eigenvalue weighted by Gasteiger charge is -2.19. The maximum atomic E-state index is 12.4. The number of hydrogen-bond donors (Lipinski definition) is 0. The van der Waals surface area contributed by atoms with Crippen LogP contribution in [0.25, 0.3) is 0 Å². The van der Waals surface area contributed by atoms with Crippen molar-refractivity contribution in [3.05, 3.63) is 29.8 Å². The molecule has 1 aromatic rings. The highest BCUT2D eigenvalue weighted by Crippen LogP contribution is 2.30. The summed E-state index contributed by atoms with van der Waals surface area (Å²) in [4.78, 5) is 2.36. The molecule has 0 spiro atoms. The molecule has 0 bridgehead atoms. The van der Waals surface area contributed by atoms with Gasteiger partial charge < -0.3 is 4.74 Å². The van der Waals surface area contributed by atoms with Crippen molar-refractivity contribution in [2.75, 3.05) is 26.2 Å². The van der Waals surface area contributed by atoms with Gasteiger partial charge in [0.1, 0.15) is 12.4 Å². The first kappa shape index (κ1) is 18.1. The van der Waals surface area contributed by atoms with Crippen LogP contribution in [0.15, 0.2) is 24.3 Å². The van der Waals surface area contributed by atoms with Gasteiger partial charge in [-0.1, -0.05) is 12.8 Å².